The first-order valence-corrected chi connectivity index (χ1v) is 9.86. The van der Waals surface area contributed by atoms with Gasteiger partial charge in [0.15, 0.2) is 0 Å². The highest BCUT2D eigenvalue weighted by Crippen LogP contribution is 2.17. The van der Waals surface area contributed by atoms with Crippen LogP contribution in [0.1, 0.15) is 37.7 Å². The summed E-state index contributed by atoms with van der Waals surface area (Å²) in [6.07, 6.45) is 6.55. The fraction of sp³-hybridized carbons (Fsp3) is 0.600. The molecule has 1 aromatic rings. The molecule has 2 N–H and O–H groups in total. The van der Waals surface area contributed by atoms with E-state index in [0.29, 0.717) is 17.5 Å². The van der Waals surface area contributed by atoms with Gasteiger partial charge >= 0.3 is 0 Å². The molecule has 0 saturated heterocycles. The highest BCUT2D eigenvalue weighted by atomic mass is 32.8. The van der Waals surface area contributed by atoms with Crippen LogP contribution in [-0.4, -0.2) is 23.3 Å². The maximum Gasteiger partial charge on any atom is 0.119 e. The molecule has 0 aromatic heterocycles. The smallest absolute Gasteiger partial charge is 0.119 e. The summed E-state index contributed by atoms with van der Waals surface area (Å²) < 4.78 is 15.4. The lowest BCUT2D eigenvalue weighted by Crippen LogP contribution is -2.37. The minimum absolute atomic E-state index is 0.631. The normalized spacial score (nSPS) is 19.6. The van der Waals surface area contributed by atoms with E-state index in [2.05, 4.69) is 10.0 Å². The van der Waals surface area contributed by atoms with Gasteiger partial charge in [-0.05, 0) is 31.9 Å². The third-order valence-corrected chi connectivity index (χ3v) is 6.19. The molecular formula is C15H24N2OS2. The second-order valence-electron chi connectivity index (χ2n) is 5.50. The van der Waals surface area contributed by atoms with Crippen molar-refractivity contribution in [1.29, 1.82) is 0 Å². The summed E-state index contributed by atoms with van der Waals surface area (Å²) in [5.41, 5.74) is 1.15. The van der Waals surface area contributed by atoms with Crippen LogP contribution in [-0.2, 0) is 19.9 Å². The molecule has 5 heteroatoms. The van der Waals surface area contributed by atoms with Gasteiger partial charge in [0.1, 0.15) is 8.68 Å². The summed E-state index contributed by atoms with van der Waals surface area (Å²) in [4.78, 5) is 0.704. The summed E-state index contributed by atoms with van der Waals surface area (Å²) in [5.74, 6) is 0. The largest absolute Gasteiger partial charge is 0.313 e. The Bertz CT molecular complexity index is 505. The molecule has 2 rings (SSSR count). The molecule has 1 aromatic carbocycles. The number of nitrogens with one attached hydrogen (secondary N) is 2. The molecule has 1 unspecified atom stereocenters. The molecule has 0 spiro atoms. The first-order valence-electron chi connectivity index (χ1n) is 7.38. The van der Waals surface area contributed by atoms with Gasteiger partial charge in [-0.15, -0.1) is 0 Å². The Labute approximate surface area is 127 Å². The van der Waals surface area contributed by atoms with Crippen molar-refractivity contribution in [1.82, 2.24) is 10.0 Å². The first kappa shape index (κ1) is 15.9. The van der Waals surface area contributed by atoms with E-state index in [4.69, 9.17) is 11.2 Å². The molecule has 20 heavy (non-hydrogen) atoms. The molecule has 0 heterocycles. The van der Waals surface area contributed by atoms with Crippen molar-refractivity contribution in [2.24, 2.45) is 0 Å². The Balaban J connectivity index is 1.76. The van der Waals surface area contributed by atoms with Crippen molar-refractivity contribution in [2.45, 2.75) is 50.0 Å². The maximum atomic E-state index is 12.4. The van der Waals surface area contributed by atoms with Crippen molar-refractivity contribution in [3.05, 3.63) is 29.8 Å². The zero-order valence-corrected chi connectivity index (χ0v) is 13.7. The van der Waals surface area contributed by atoms with Gasteiger partial charge in [0.25, 0.3) is 0 Å². The lowest BCUT2D eigenvalue weighted by molar-refractivity contribution is 0.376. The van der Waals surface area contributed by atoms with Crippen LogP contribution in [0.2, 0.25) is 0 Å². The van der Waals surface area contributed by atoms with Crippen LogP contribution in [0.25, 0.3) is 0 Å². The highest BCUT2D eigenvalue weighted by Gasteiger charge is 2.13. The van der Waals surface area contributed by atoms with Gasteiger partial charge in [0, 0.05) is 30.3 Å². The number of hydrogen-bond acceptors (Lipinski definition) is 3. The van der Waals surface area contributed by atoms with E-state index < -0.39 is 8.68 Å². The zero-order valence-electron chi connectivity index (χ0n) is 12.1. The molecule has 0 aliphatic heterocycles. The third kappa shape index (κ3) is 4.81. The molecule has 1 aliphatic rings. The minimum atomic E-state index is -2.54. The van der Waals surface area contributed by atoms with E-state index in [1.165, 1.54) is 32.1 Å². The van der Waals surface area contributed by atoms with Gasteiger partial charge in [-0.1, -0.05) is 37.0 Å². The third-order valence-electron chi connectivity index (χ3n) is 3.79. The monoisotopic (exact) mass is 312 g/mol. The molecular weight excluding hydrogens is 288 g/mol. The number of benzene rings is 1. The van der Waals surface area contributed by atoms with Gasteiger partial charge in [-0.3, -0.25) is 0 Å². The van der Waals surface area contributed by atoms with E-state index in [1.807, 2.05) is 31.2 Å². The van der Waals surface area contributed by atoms with Crippen LogP contribution in [0, 0.1) is 6.92 Å². The molecule has 112 valence electrons. The lowest BCUT2D eigenvalue weighted by Gasteiger charge is -2.23. The van der Waals surface area contributed by atoms with Crippen LogP contribution in [0.5, 0.6) is 0 Å². The van der Waals surface area contributed by atoms with Crippen molar-refractivity contribution >= 4 is 19.9 Å². The molecule has 1 atom stereocenters. The maximum absolute atomic E-state index is 12.4. The second-order valence-corrected chi connectivity index (χ2v) is 8.68. The van der Waals surface area contributed by atoms with Gasteiger partial charge in [-0.25, -0.2) is 8.93 Å². The SMILES string of the molecule is Cc1ccc(S(=O)(=S)NCCNC2CCCCC2)cc1. The van der Waals surface area contributed by atoms with Gasteiger partial charge in [0.2, 0.25) is 0 Å². The Morgan fingerprint density at radius 2 is 1.80 bits per heavy atom. The predicted molar refractivity (Wildman–Crippen MR) is 87.8 cm³/mol. The van der Waals surface area contributed by atoms with Gasteiger partial charge < -0.3 is 5.32 Å². The fourth-order valence-electron chi connectivity index (χ4n) is 2.57. The van der Waals surface area contributed by atoms with Crippen LogP contribution in [0.4, 0.5) is 0 Å². The van der Waals surface area contributed by atoms with E-state index in [0.717, 1.165) is 12.1 Å². The van der Waals surface area contributed by atoms with Gasteiger partial charge in [0.05, 0.1) is 4.90 Å². The highest BCUT2D eigenvalue weighted by molar-refractivity contribution is 8.31. The Hall–Kier alpha value is -0.490. The molecule has 1 aliphatic carbocycles. The second kappa shape index (κ2) is 7.50. The van der Waals surface area contributed by atoms with Crippen molar-refractivity contribution in [3.8, 4) is 0 Å². The van der Waals surface area contributed by atoms with Crippen LogP contribution in [0.3, 0.4) is 0 Å². The minimum Gasteiger partial charge on any atom is -0.313 e. The number of rotatable bonds is 6. The molecule has 3 nitrogen and oxygen atoms in total. The quantitative estimate of drug-likeness (QED) is 0.793. The average molecular weight is 313 g/mol. The Kier molecular flexibility index (Phi) is 5.96. The number of hydrogen-bond donors (Lipinski definition) is 2. The van der Waals surface area contributed by atoms with Gasteiger partial charge in [-0.2, -0.15) is 0 Å². The topological polar surface area (TPSA) is 41.1 Å². The summed E-state index contributed by atoms with van der Waals surface area (Å²) in [6.45, 7) is 3.48. The summed E-state index contributed by atoms with van der Waals surface area (Å²) in [7, 11) is -2.54. The van der Waals surface area contributed by atoms with Crippen molar-refractivity contribution in [3.63, 3.8) is 0 Å². The summed E-state index contributed by atoms with van der Waals surface area (Å²) >= 11 is 5.21. The summed E-state index contributed by atoms with van der Waals surface area (Å²) in [5, 5.41) is 3.52. The van der Waals surface area contributed by atoms with E-state index >= 15 is 0 Å². The van der Waals surface area contributed by atoms with Crippen molar-refractivity contribution < 1.29 is 4.21 Å². The number of aryl methyl sites for hydroxylation is 1. The molecule has 0 amide bonds. The van der Waals surface area contributed by atoms with Crippen LogP contribution >= 0.6 is 0 Å². The zero-order chi connectivity index (χ0) is 14.4. The predicted octanol–water partition coefficient (Wildman–Crippen LogP) is 2.53. The molecule has 1 fully saturated rings. The first-order chi connectivity index (χ1) is 9.58. The fourth-order valence-corrected chi connectivity index (χ4v) is 4.18. The molecule has 1 saturated carbocycles. The Morgan fingerprint density at radius 1 is 1.15 bits per heavy atom. The average Bonchev–Trinajstić information content (AvgIpc) is 2.45. The Morgan fingerprint density at radius 3 is 2.45 bits per heavy atom. The molecule has 0 bridgehead atoms. The van der Waals surface area contributed by atoms with Crippen LogP contribution in [0.15, 0.2) is 29.2 Å². The van der Waals surface area contributed by atoms with E-state index in [1.54, 1.807) is 0 Å². The van der Waals surface area contributed by atoms with E-state index in [-0.39, 0.29) is 0 Å². The van der Waals surface area contributed by atoms with Crippen LogP contribution < -0.4 is 10.0 Å². The molecule has 0 radical (unpaired) electrons. The lowest BCUT2D eigenvalue weighted by atomic mass is 9.96. The van der Waals surface area contributed by atoms with Crippen molar-refractivity contribution in [2.75, 3.05) is 13.1 Å². The van der Waals surface area contributed by atoms with E-state index in [9.17, 15) is 4.21 Å². The summed E-state index contributed by atoms with van der Waals surface area (Å²) in [6, 6.07) is 8.23. The standard InChI is InChI=1S/C15H24N2OS2/c1-13-7-9-15(10-8-13)20(18,19)17-12-11-16-14-5-3-2-4-6-14/h7-10,14,16-17H,2-6,11-12H2,1H3.